The fourth-order valence-corrected chi connectivity index (χ4v) is 2.70. The van der Waals surface area contributed by atoms with Crippen LogP contribution in [0.1, 0.15) is 40.5 Å². The van der Waals surface area contributed by atoms with Gasteiger partial charge in [-0.3, -0.25) is 14.8 Å². The highest BCUT2D eigenvalue weighted by Crippen LogP contribution is 2.39. The third-order valence-corrected chi connectivity index (χ3v) is 4.17. The van der Waals surface area contributed by atoms with Crippen molar-refractivity contribution in [3.8, 4) is 0 Å². The minimum atomic E-state index is -4.43. The smallest absolute Gasteiger partial charge is 0.324 e. The van der Waals surface area contributed by atoms with Crippen molar-refractivity contribution in [2.45, 2.75) is 24.9 Å². The van der Waals surface area contributed by atoms with Gasteiger partial charge in [0.1, 0.15) is 5.69 Å². The Morgan fingerprint density at radius 1 is 1.32 bits per heavy atom. The molecule has 6 nitrogen and oxygen atoms in total. The Morgan fingerprint density at radius 2 is 2.08 bits per heavy atom. The topological polar surface area (TPSA) is 75.6 Å². The number of fused-ring (bicyclic) bond motifs is 1. The highest BCUT2D eigenvalue weighted by molar-refractivity contribution is 6.02. The molecule has 1 amide bonds. The van der Waals surface area contributed by atoms with Crippen molar-refractivity contribution in [1.82, 2.24) is 19.7 Å². The lowest BCUT2D eigenvalue weighted by molar-refractivity contribution is -0.137. The maximum Gasteiger partial charge on any atom is 0.416 e. The zero-order valence-electron chi connectivity index (χ0n) is 13.2. The van der Waals surface area contributed by atoms with Crippen LogP contribution in [0.5, 0.6) is 0 Å². The lowest BCUT2D eigenvalue weighted by Gasteiger charge is -2.05. The van der Waals surface area contributed by atoms with E-state index >= 15 is 0 Å². The number of alkyl halides is 3. The third kappa shape index (κ3) is 2.97. The quantitative estimate of drug-likeness (QED) is 0.760. The molecule has 0 spiro atoms. The molecule has 1 saturated carbocycles. The SMILES string of the molecule is Cn1nc(C2CC2)cc1C(=O)Nc1nc2ccc(C(F)(F)F)cc2[nH]1. The number of benzene rings is 1. The molecule has 0 aliphatic heterocycles. The summed E-state index contributed by atoms with van der Waals surface area (Å²) >= 11 is 0. The second-order valence-corrected chi connectivity index (χ2v) is 6.12. The van der Waals surface area contributed by atoms with E-state index < -0.39 is 17.6 Å². The van der Waals surface area contributed by atoms with E-state index in [0.717, 1.165) is 30.7 Å². The van der Waals surface area contributed by atoms with Gasteiger partial charge in [0, 0.05) is 13.0 Å². The van der Waals surface area contributed by atoms with Crippen LogP contribution < -0.4 is 5.32 Å². The first kappa shape index (κ1) is 15.7. The number of amides is 1. The van der Waals surface area contributed by atoms with Crippen LogP contribution in [0.2, 0.25) is 0 Å². The Labute approximate surface area is 140 Å². The van der Waals surface area contributed by atoms with E-state index in [-0.39, 0.29) is 11.5 Å². The average molecular weight is 349 g/mol. The van der Waals surface area contributed by atoms with Crippen LogP contribution in [-0.4, -0.2) is 25.7 Å². The number of halogens is 3. The molecule has 0 atom stereocenters. The summed E-state index contributed by atoms with van der Waals surface area (Å²) < 4.78 is 39.8. The van der Waals surface area contributed by atoms with Gasteiger partial charge in [-0.15, -0.1) is 0 Å². The average Bonchev–Trinajstić information content (AvgIpc) is 3.19. The Hall–Kier alpha value is -2.84. The van der Waals surface area contributed by atoms with Crippen molar-refractivity contribution < 1.29 is 18.0 Å². The molecule has 0 bridgehead atoms. The lowest BCUT2D eigenvalue weighted by Crippen LogP contribution is -2.16. The summed E-state index contributed by atoms with van der Waals surface area (Å²) in [4.78, 5) is 19.2. The van der Waals surface area contributed by atoms with Gasteiger partial charge in [-0.1, -0.05) is 0 Å². The Morgan fingerprint density at radius 3 is 2.76 bits per heavy atom. The van der Waals surface area contributed by atoms with Crippen LogP contribution in [0.25, 0.3) is 11.0 Å². The summed E-state index contributed by atoms with van der Waals surface area (Å²) in [6.07, 6.45) is -2.29. The molecule has 1 aliphatic carbocycles. The highest BCUT2D eigenvalue weighted by Gasteiger charge is 2.31. The first-order valence-corrected chi connectivity index (χ1v) is 7.73. The largest absolute Gasteiger partial charge is 0.416 e. The van der Waals surface area contributed by atoms with Crippen LogP contribution in [-0.2, 0) is 13.2 Å². The van der Waals surface area contributed by atoms with Crippen LogP contribution >= 0.6 is 0 Å². The van der Waals surface area contributed by atoms with Crippen molar-refractivity contribution >= 4 is 22.9 Å². The van der Waals surface area contributed by atoms with Crippen LogP contribution in [0.15, 0.2) is 24.3 Å². The molecule has 2 heterocycles. The summed E-state index contributed by atoms with van der Waals surface area (Å²) in [7, 11) is 1.68. The Bertz CT molecular complexity index is 968. The first-order valence-electron chi connectivity index (χ1n) is 7.73. The van der Waals surface area contributed by atoms with E-state index in [2.05, 4.69) is 20.4 Å². The summed E-state index contributed by atoms with van der Waals surface area (Å²) in [6, 6.07) is 4.92. The van der Waals surface area contributed by atoms with Gasteiger partial charge in [0.05, 0.1) is 22.3 Å². The molecule has 2 aromatic heterocycles. The number of hydrogen-bond donors (Lipinski definition) is 2. The van der Waals surface area contributed by atoms with Crippen molar-refractivity contribution in [2.75, 3.05) is 5.32 Å². The number of nitrogens with one attached hydrogen (secondary N) is 2. The van der Waals surface area contributed by atoms with Gasteiger partial charge >= 0.3 is 6.18 Å². The van der Waals surface area contributed by atoms with Gasteiger partial charge in [0.2, 0.25) is 5.95 Å². The molecule has 130 valence electrons. The number of aromatic nitrogens is 4. The van der Waals surface area contributed by atoms with E-state index in [1.807, 2.05) is 0 Å². The minimum absolute atomic E-state index is 0.0912. The third-order valence-electron chi connectivity index (χ3n) is 4.17. The number of anilines is 1. The first-order chi connectivity index (χ1) is 11.8. The van der Waals surface area contributed by atoms with Crippen LogP contribution in [0.3, 0.4) is 0 Å². The molecule has 0 saturated heterocycles. The maximum absolute atomic E-state index is 12.8. The summed E-state index contributed by atoms with van der Waals surface area (Å²) in [5, 5.41) is 6.89. The predicted molar refractivity (Wildman–Crippen MR) is 84.2 cm³/mol. The van der Waals surface area contributed by atoms with Gasteiger partial charge in [-0.25, -0.2) is 4.98 Å². The molecule has 0 unspecified atom stereocenters. The number of H-pyrrole nitrogens is 1. The van der Waals surface area contributed by atoms with Gasteiger partial charge in [-0.2, -0.15) is 18.3 Å². The van der Waals surface area contributed by atoms with Crippen LogP contribution in [0.4, 0.5) is 19.1 Å². The molecule has 1 fully saturated rings. The standard InChI is InChI=1S/C16H14F3N5O/c1-24-13(7-11(23-24)8-2-3-8)14(25)22-15-20-10-5-4-9(16(17,18)19)6-12(10)21-15/h4-8H,2-3H2,1H3,(H2,20,21,22,25). The molecule has 2 N–H and O–H groups in total. The van der Waals surface area contributed by atoms with Gasteiger partial charge < -0.3 is 4.98 Å². The van der Waals surface area contributed by atoms with Crippen molar-refractivity contribution in [3.63, 3.8) is 0 Å². The van der Waals surface area contributed by atoms with Crippen molar-refractivity contribution in [1.29, 1.82) is 0 Å². The molecule has 25 heavy (non-hydrogen) atoms. The zero-order valence-corrected chi connectivity index (χ0v) is 13.2. The lowest BCUT2D eigenvalue weighted by atomic mass is 10.2. The predicted octanol–water partition coefficient (Wildman–Crippen LogP) is 3.44. The molecule has 0 radical (unpaired) electrons. The fraction of sp³-hybridized carbons (Fsp3) is 0.312. The normalized spacial score (nSPS) is 14.9. The number of rotatable bonds is 3. The summed E-state index contributed by atoms with van der Waals surface area (Å²) in [5.41, 5.74) is 1.02. The molecule has 1 aliphatic rings. The number of nitrogens with zero attached hydrogens (tertiary/aromatic N) is 3. The molecular formula is C16H14F3N5O. The fourth-order valence-electron chi connectivity index (χ4n) is 2.70. The molecule has 9 heteroatoms. The number of imidazole rings is 1. The Balaban J connectivity index is 1.58. The van der Waals surface area contributed by atoms with Crippen molar-refractivity contribution in [3.05, 3.63) is 41.2 Å². The molecular weight excluding hydrogens is 335 g/mol. The van der Waals surface area contributed by atoms with E-state index in [4.69, 9.17) is 0 Å². The monoisotopic (exact) mass is 349 g/mol. The van der Waals surface area contributed by atoms with Gasteiger partial charge in [0.25, 0.3) is 5.91 Å². The van der Waals surface area contributed by atoms with Crippen LogP contribution in [0, 0.1) is 0 Å². The van der Waals surface area contributed by atoms with Gasteiger partial charge in [-0.05, 0) is 37.1 Å². The van der Waals surface area contributed by atoms with E-state index in [0.29, 0.717) is 17.1 Å². The zero-order chi connectivity index (χ0) is 17.8. The molecule has 1 aromatic carbocycles. The van der Waals surface area contributed by atoms with Crippen molar-refractivity contribution in [2.24, 2.45) is 7.05 Å². The van der Waals surface area contributed by atoms with E-state index in [1.54, 1.807) is 13.1 Å². The number of carbonyl (C=O) groups excluding carboxylic acids is 1. The summed E-state index contributed by atoms with van der Waals surface area (Å²) in [5.74, 6) is 0.0882. The molecule has 4 rings (SSSR count). The van der Waals surface area contributed by atoms with E-state index in [1.165, 1.54) is 10.7 Å². The second-order valence-electron chi connectivity index (χ2n) is 6.12. The van der Waals surface area contributed by atoms with Gasteiger partial charge in [0.15, 0.2) is 0 Å². The minimum Gasteiger partial charge on any atom is -0.324 e. The number of aromatic amines is 1. The summed E-state index contributed by atoms with van der Waals surface area (Å²) in [6.45, 7) is 0. The Kier molecular flexibility index (Phi) is 3.34. The molecule has 3 aromatic rings. The maximum atomic E-state index is 12.8. The number of hydrogen-bond acceptors (Lipinski definition) is 3. The highest BCUT2D eigenvalue weighted by atomic mass is 19.4. The second kappa shape index (κ2) is 5.33. The number of carbonyl (C=O) groups is 1. The van der Waals surface area contributed by atoms with E-state index in [9.17, 15) is 18.0 Å². The number of aryl methyl sites for hydroxylation is 1.